The van der Waals surface area contributed by atoms with Gasteiger partial charge in [0.15, 0.2) is 6.10 Å². The van der Waals surface area contributed by atoms with Gasteiger partial charge in [-0.05, 0) is 30.5 Å². The zero-order valence-corrected chi connectivity index (χ0v) is 8.87. The van der Waals surface area contributed by atoms with Gasteiger partial charge in [0.1, 0.15) is 0 Å². The number of carbonyl (C=O) groups is 1. The third-order valence-electron chi connectivity index (χ3n) is 2.48. The quantitative estimate of drug-likeness (QED) is 0.835. The van der Waals surface area contributed by atoms with Gasteiger partial charge in [-0.15, -0.1) is 0 Å². The molecule has 0 amide bonds. The molecule has 3 nitrogen and oxygen atoms in total. The molecule has 5 heteroatoms. The van der Waals surface area contributed by atoms with Crippen LogP contribution in [0.5, 0.6) is 0 Å². The molecule has 0 aromatic heterocycles. The molecule has 88 valence electrons. The fourth-order valence-corrected chi connectivity index (χ4v) is 1.26. The Labute approximate surface area is 91.3 Å². The molecule has 0 saturated carbocycles. The van der Waals surface area contributed by atoms with Gasteiger partial charge in [-0.1, -0.05) is 18.2 Å². The van der Waals surface area contributed by atoms with Crippen molar-refractivity contribution in [3.8, 4) is 0 Å². The first kappa shape index (κ1) is 12.6. The molecule has 1 atom stereocenters. The van der Waals surface area contributed by atoms with Gasteiger partial charge in [-0.3, -0.25) is 0 Å². The minimum atomic E-state index is -4.18. The predicted octanol–water partition coefficient (Wildman–Crippen LogP) is 2.06. The lowest BCUT2D eigenvalue weighted by molar-refractivity contribution is -0.182. The lowest BCUT2D eigenvalue weighted by Gasteiger charge is -2.19. The van der Waals surface area contributed by atoms with Crippen molar-refractivity contribution < 1.29 is 23.8 Å². The highest BCUT2D eigenvalue weighted by Gasteiger charge is 2.47. The molecule has 0 aliphatic carbocycles. The molecule has 1 unspecified atom stereocenters. The highest BCUT2D eigenvalue weighted by Crippen LogP contribution is 2.32. The summed E-state index contributed by atoms with van der Waals surface area (Å²) in [5.41, 5.74) is 1.50. The largest absolute Gasteiger partial charge is 0.477 e. The van der Waals surface area contributed by atoms with E-state index in [0.717, 1.165) is 11.1 Å². The lowest BCUT2D eigenvalue weighted by Crippen LogP contribution is -2.35. The first-order valence-corrected chi connectivity index (χ1v) is 4.63. The number of carboxylic acid groups (broad SMARTS) is 1. The maximum absolute atomic E-state index is 13.0. The third kappa shape index (κ3) is 2.19. The van der Waals surface area contributed by atoms with Crippen LogP contribution in [0.15, 0.2) is 18.2 Å². The summed E-state index contributed by atoms with van der Waals surface area (Å²) in [6.07, 6.45) is -2.33. The fourth-order valence-electron chi connectivity index (χ4n) is 1.26. The molecular weight excluding hydrogens is 218 g/mol. The smallest absolute Gasteiger partial charge is 0.377 e. The van der Waals surface area contributed by atoms with Crippen LogP contribution >= 0.6 is 0 Å². The molecule has 1 rings (SSSR count). The van der Waals surface area contributed by atoms with Crippen LogP contribution in [0.4, 0.5) is 8.78 Å². The number of aryl methyl sites for hydroxylation is 2. The van der Waals surface area contributed by atoms with Crippen molar-refractivity contribution in [2.24, 2.45) is 0 Å². The molecular formula is C11H12F2O3. The van der Waals surface area contributed by atoms with E-state index in [1.54, 1.807) is 19.9 Å². The maximum Gasteiger partial charge on any atom is 0.377 e. The van der Waals surface area contributed by atoms with Crippen LogP contribution in [-0.2, 0) is 4.79 Å². The van der Waals surface area contributed by atoms with Crippen molar-refractivity contribution in [1.82, 2.24) is 0 Å². The van der Waals surface area contributed by atoms with E-state index in [0.29, 0.717) is 0 Å². The van der Waals surface area contributed by atoms with Gasteiger partial charge in [-0.2, -0.15) is 8.78 Å². The Morgan fingerprint density at radius 3 is 2.31 bits per heavy atom. The molecule has 0 saturated heterocycles. The van der Waals surface area contributed by atoms with Gasteiger partial charge in [0.25, 0.3) is 0 Å². The SMILES string of the molecule is Cc1ccc(C(O)C(F)(F)C(=O)O)cc1C. The second kappa shape index (κ2) is 4.17. The maximum atomic E-state index is 13.0. The van der Waals surface area contributed by atoms with Gasteiger partial charge in [-0.25, -0.2) is 4.79 Å². The molecule has 2 N–H and O–H groups in total. The van der Waals surface area contributed by atoms with Gasteiger partial charge in [0.2, 0.25) is 0 Å². The van der Waals surface area contributed by atoms with Crippen molar-refractivity contribution in [3.63, 3.8) is 0 Å². The van der Waals surface area contributed by atoms with Crippen LogP contribution in [0.1, 0.15) is 22.8 Å². The molecule has 1 aromatic rings. The average molecular weight is 230 g/mol. The number of benzene rings is 1. The average Bonchev–Trinajstić information content (AvgIpc) is 2.20. The molecule has 0 heterocycles. The van der Waals surface area contributed by atoms with Crippen LogP contribution in [0.2, 0.25) is 0 Å². The van der Waals surface area contributed by atoms with E-state index in [1.807, 2.05) is 0 Å². The summed E-state index contributed by atoms with van der Waals surface area (Å²) >= 11 is 0. The van der Waals surface area contributed by atoms with Crippen LogP contribution in [0.3, 0.4) is 0 Å². The number of alkyl halides is 2. The summed E-state index contributed by atoms with van der Waals surface area (Å²) in [6.45, 7) is 3.49. The summed E-state index contributed by atoms with van der Waals surface area (Å²) in [6, 6.07) is 4.21. The Bertz CT molecular complexity index is 416. The van der Waals surface area contributed by atoms with Crippen molar-refractivity contribution in [1.29, 1.82) is 0 Å². The van der Waals surface area contributed by atoms with Crippen LogP contribution in [0, 0.1) is 13.8 Å². The topological polar surface area (TPSA) is 57.5 Å². The number of hydrogen-bond acceptors (Lipinski definition) is 2. The van der Waals surface area contributed by atoms with Crippen LogP contribution < -0.4 is 0 Å². The Morgan fingerprint density at radius 1 is 1.31 bits per heavy atom. The Balaban J connectivity index is 3.10. The van der Waals surface area contributed by atoms with Crippen molar-refractivity contribution in [3.05, 3.63) is 34.9 Å². The summed E-state index contributed by atoms with van der Waals surface area (Å²) in [5, 5.41) is 17.6. The van der Waals surface area contributed by atoms with Gasteiger partial charge in [0, 0.05) is 0 Å². The molecule has 0 bridgehead atoms. The van der Waals surface area contributed by atoms with E-state index in [-0.39, 0.29) is 5.56 Å². The number of halogens is 2. The molecule has 0 aliphatic rings. The van der Waals surface area contributed by atoms with E-state index in [4.69, 9.17) is 5.11 Å². The number of rotatable bonds is 3. The highest BCUT2D eigenvalue weighted by molar-refractivity contribution is 5.76. The van der Waals surface area contributed by atoms with Crippen LogP contribution in [-0.4, -0.2) is 22.1 Å². The number of aliphatic hydroxyl groups excluding tert-OH is 1. The van der Waals surface area contributed by atoms with E-state index in [1.165, 1.54) is 12.1 Å². The van der Waals surface area contributed by atoms with Crippen molar-refractivity contribution in [2.75, 3.05) is 0 Å². The normalized spacial score (nSPS) is 13.6. The predicted molar refractivity (Wildman–Crippen MR) is 53.5 cm³/mol. The molecule has 0 fully saturated rings. The summed E-state index contributed by atoms with van der Waals surface area (Å²) in [7, 11) is 0. The van der Waals surface area contributed by atoms with E-state index >= 15 is 0 Å². The second-order valence-electron chi connectivity index (χ2n) is 3.67. The lowest BCUT2D eigenvalue weighted by atomic mass is 9.99. The Kier molecular flexibility index (Phi) is 3.28. The molecule has 0 aliphatic heterocycles. The fraction of sp³-hybridized carbons (Fsp3) is 0.364. The van der Waals surface area contributed by atoms with Crippen LogP contribution in [0.25, 0.3) is 0 Å². The Hall–Kier alpha value is -1.49. The Morgan fingerprint density at radius 2 is 1.88 bits per heavy atom. The summed E-state index contributed by atoms with van der Waals surface area (Å²) in [4.78, 5) is 10.3. The first-order chi connectivity index (χ1) is 7.26. The minimum Gasteiger partial charge on any atom is -0.477 e. The summed E-state index contributed by atoms with van der Waals surface area (Å²) in [5.74, 6) is -6.51. The standard InChI is InChI=1S/C11H12F2O3/c1-6-3-4-8(5-7(6)2)9(14)11(12,13)10(15)16/h3-5,9,14H,1-2H3,(H,15,16). The minimum absolute atomic E-state index is 0.101. The summed E-state index contributed by atoms with van der Waals surface area (Å²) < 4.78 is 26.0. The number of aliphatic hydroxyl groups is 1. The number of aliphatic carboxylic acids is 1. The zero-order chi connectivity index (χ0) is 12.5. The number of hydrogen-bond donors (Lipinski definition) is 2. The zero-order valence-electron chi connectivity index (χ0n) is 8.87. The van der Waals surface area contributed by atoms with Crippen molar-refractivity contribution in [2.45, 2.75) is 25.9 Å². The van der Waals surface area contributed by atoms with E-state index in [2.05, 4.69) is 0 Å². The number of carboxylic acids is 1. The molecule has 1 aromatic carbocycles. The third-order valence-corrected chi connectivity index (χ3v) is 2.48. The van der Waals surface area contributed by atoms with Crippen molar-refractivity contribution >= 4 is 5.97 Å². The first-order valence-electron chi connectivity index (χ1n) is 4.63. The molecule has 0 spiro atoms. The van der Waals surface area contributed by atoms with E-state index < -0.39 is 18.0 Å². The van der Waals surface area contributed by atoms with Gasteiger partial charge in [0.05, 0.1) is 0 Å². The monoisotopic (exact) mass is 230 g/mol. The second-order valence-corrected chi connectivity index (χ2v) is 3.67. The highest BCUT2D eigenvalue weighted by atomic mass is 19.3. The van der Waals surface area contributed by atoms with Gasteiger partial charge < -0.3 is 10.2 Å². The van der Waals surface area contributed by atoms with E-state index in [9.17, 15) is 18.7 Å². The molecule has 0 radical (unpaired) electrons. The molecule has 16 heavy (non-hydrogen) atoms. The van der Waals surface area contributed by atoms with Gasteiger partial charge >= 0.3 is 11.9 Å².